The van der Waals surface area contributed by atoms with Crippen LogP contribution in [0.1, 0.15) is 15.9 Å². The highest BCUT2D eigenvalue weighted by molar-refractivity contribution is 8.00. The number of nitrogens with one attached hydrogen (secondary N) is 2. The number of para-hydroxylation sites is 3. The first-order valence-electron chi connectivity index (χ1n) is 11.4. The second kappa shape index (κ2) is 11.4. The molecule has 0 radical (unpaired) electrons. The number of thioether (sulfide) groups is 1. The Kier molecular flexibility index (Phi) is 8.08. The lowest BCUT2D eigenvalue weighted by Gasteiger charge is -2.10. The first kappa shape index (κ1) is 26.2. The maximum Gasteiger partial charge on any atom is 0.416 e. The van der Waals surface area contributed by atoms with E-state index in [1.165, 1.54) is 31.0 Å². The number of aromatic nitrogens is 1. The predicted octanol–water partition coefficient (Wildman–Crippen LogP) is 5.83. The molecule has 0 saturated heterocycles. The van der Waals surface area contributed by atoms with Crippen molar-refractivity contribution in [3.63, 3.8) is 0 Å². The monoisotopic (exact) mass is 527 g/mol. The van der Waals surface area contributed by atoms with Crippen LogP contribution in [-0.2, 0) is 17.5 Å². The van der Waals surface area contributed by atoms with Crippen LogP contribution in [0.15, 0.2) is 83.9 Å². The van der Waals surface area contributed by atoms with Gasteiger partial charge in [0.05, 0.1) is 24.1 Å². The first-order chi connectivity index (χ1) is 17.8. The summed E-state index contributed by atoms with van der Waals surface area (Å²) in [7, 11) is 1.54. The molecule has 0 unspecified atom stereocenters. The Morgan fingerprint density at radius 3 is 2.54 bits per heavy atom. The van der Waals surface area contributed by atoms with Gasteiger partial charge in [-0.1, -0.05) is 36.4 Å². The van der Waals surface area contributed by atoms with Gasteiger partial charge in [-0.3, -0.25) is 9.59 Å². The van der Waals surface area contributed by atoms with E-state index in [1.807, 2.05) is 47.2 Å². The van der Waals surface area contributed by atoms with Crippen molar-refractivity contribution in [1.29, 1.82) is 0 Å². The highest BCUT2D eigenvalue weighted by atomic mass is 32.2. The molecule has 0 fully saturated rings. The van der Waals surface area contributed by atoms with Crippen LogP contribution in [-0.4, -0.2) is 35.8 Å². The van der Waals surface area contributed by atoms with Gasteiger partial charge in [-0.2, -0.15) is 13.2 Å². The van der Waals surface area contributed by atoms with Crippen molar-refractivity contribution in [3.8, 4) is 5.75 Å². The van der Waals surface area contributed by atoms with E-state index >= 15 is 0 Å². The van der Waals surface area contributed by atoms with E-state index in [1.54, 1.807) is 12.1 Å². The van der Waals surface area contributed by atoms with Crippen LogP contribution in [0.4, 0.5) is 18.9 Å². The maximum absolute atomic E-state index is 12.9. The first-order valence-corrected chi connectivity index (χ1v) is 12.3. The number of hydrogen-bond donors (Lipinski definition) is 2. The van der Waals surface area contributed by atoms with E-state index in [9.17, 15) is 22.8 Å². The second-order valence-corrected chi connectivity index (χ2v) is 9.09. The Morgan fingerprint density at radius 1 is 1.00 bits per heavy atom. The zero-order valence-electron chi connectivity index (χ0n) is 19.8. The number of nitrogens with zero attached hydrogens (tertiary/aromatic N) is 1. The zero-order valence-corrected chi connectivity index (χ0v) is 20.7. The van der Waals surface area contributed by atoms with Gasteiger partial charge in [0.2, 0.25) is 5.91 Å². The molecule has 4 aromatic rings. The summed E-state index contributed by atoms with van der Waals surface area (Å²) in [5, 5.41) is 6.49. The van der Waals surface area contributed by atoms with E-state index < -0.39 is 17.6 Å². The number of halogens is 3. The number of alkyl halides is 3. The Bertz CT molecular complexity index is 1420. The molecule has 2 amide bonds. The van der Waals surface area contributed by atoms with Crippen molar-refractivity contribution >= 4 is 40.2 Å². The minimum absolute atomic E-state index is 0.0514. The molecule has 3 aromatic carbocycles. The summed E-state index contributed by atoms with van der Waals surface area (Å²) in [6, 6.07) is 19.2. The fraction of sp³-hybridized carbons (Fsp3) is 0.185. The van der Waals surface area contributed by atoms with E-state index in [2.05, 4.69) is 10.6 Å². The summed E-state index contributed by atoms with van der Waals surface area (Å²) >= 11 is 1.38. The van der Waals surface area contributed by atoms with Crippen molar-refractivity contribution in [2.24, 2.45) is 0 Å². The summed E-state index contributed by atoms with van der Waals surface area (Å²) in [6.07, 6.45) is -2.61. The number of hydrogen-bond acceptors (Lipinski definition) is 4. The molecule has 1 heterocycles. The highest BCUT2D eigenvalue weighted by Crippen LogP contribution is 2.31. The fourth-order valence-electron chi connectivity index (χ4n) is 3.82. The molecule has 0 aliphatic rings. The molecular weight excluding hydrogens is 503 g/mol. The van der Waals surface area contributed by atoms with Crippen molar-refractivity contribution in [3.05, 3.63) is 90.1 Å². The van der Waals surface area contributed by atoms with E-state index in [4.69, 9.17) is 4.74 Å². The average molecular weight is 528 g/mol. The molecule has 0 spiro atoms. The molecular formula is C27H24F3N3O3S. The molecule has 0 bridgehead atoms. The fourth-order valence-corrected chi connectivity index (χ4v) is 4.71. The van der Waals surface area contributed by atoms with Gasteiger partial charge in [-0.15, -0.1) is 11.8 Å². The van der Waals surface area contributed by atoms with Crippen LogP contribution in [0.25, 0.3) is 10.9 Å². The lowest BCUT2D eigenvalue weighted by atomic mass is 10.1. The number of carbonyl (C=O) groups is 2. The minimum atomic E-state index is -4.52. The van der Waals surface area contributed by atoms with E-state index in [-0.39, 0.29) is 23.8 Å². The van der Waals surface area contributed by atoms with Gasteiger partial charge < -0.3 is 19.9 Å². The Labute approximate surface area is 215 Å². The number of rotatable bonds is 9. The maximum atomic E-state index is 12.9. The number of benzene rings is 3. The van der Waals surface area contributed by atoms with Gasteiger partial charge >= 0.3 is 6.18 Å². The third-order valence-electron chi connectivity index (χ3n) is 5.58. The summed E-state index contributed by atoms with van der Waals surface area (Å²) < 4.78 is 46.0. The quantitative estimate of drug-likeness (QED) is 0.269. The van der Waals surface area contributed by atoms with Crippen LogP contribution in [0.5, 0.6) is 5.75 Å². The van der Waals surface area contributed by atoms with E-state index in [0.29, 0.717) is 18.0 Å². The van der Waals surface area contributed by atoms with Gasteiger partial charge in [-0.25, -0.2) is 0 Å². The average Bonchev–Trinajstić information content (AvgIpc) is 3.25. The molecule has 1 aromatic heterocycles. The van der Waals surface area contributed by atoms with Crippen molar-refractivity contribution in [1.82, 2.24) is 9.88 Å². The number of methoxy groups -OCH3 is 1. The Hall–Kier alpha value is -3.92. The molecule has 37 heavy (non-hydrogen) atoms. The summed E-state index contributed by atoms with van der Waals surface area (Å²) in [5.41, 5.74) is 0.593. The van der Waals surface area contributed by atoms with Gasteiger partial charge in [0.1, 0.15) is 5.75 Å². The van der Waals surface area contributed by atoms with Gasteiger partial charge in [0, 0.05) is 40.6 Å². The van der Waals surface area contributed by atoms with Crippen LogP contribution in [0.2, 0.25) is 0 Å². The largest absolute Gasteiger partial charge is 0.495 e. The third kappa shape index (κ3) is 6.45. The summed E-state index contributed by atoms with van der Waals surface area (Å²) in [4.78, 5) is 25.9. The number of anilines is 1. The molecule has 0 atom stereocenters. The lowest BCUT2D eigenvalue weighted by Crippen LogP contribution is -2.27. The van der Waals surface area contributed by atoms with E-state index in [0.717, 1.165) is 27.9 Å². The smallest absolute Gasteiger partial charge is 0.416 e. The molecule has 2 N–H and O–H groups in total. The number of fused-ring (bicyclic) bond motifs is 1. The summed E-state index contributed by atoms with van der Waals surface area (Å²) in [6.45, 7) is 0.616. The molecule has 0 saturated carbocycles. The molecule has 192 valence electrons. The number of ether oxygens (including phenoxy) is 1. The van der Waals surface area contributed by atoms with Gasteiger partial charge in [-0.05, 0) is 36.4 Å². The molecule has 4 rings (SSSR count). The molecule has 6 nitrogen and oxygen atoms in total. The predicted molar refractivity (Wildman–Crippen MR) is 138 cm³/mol. The Balaban J connectivity index is 1.39. The topological polar surface area (TPSA) is 72.4 Å². The molecule has 0 aliphatic heterocycles. The van der Waals surface area contributed by atoms with Crippen LogP contribution < -0.4 is 15.4 Å². The number of amides is 2. The molecule has 0 aliphatic carbocycles. The standard InChI is InChI=1S/C27H24F3N3O3S/c1-36-23-12-5-3-10-21(23)32-25(34)17-37-24-16-33(22-11-4-2-9-20(22)24)14-13-31-26(35)18-7-6-8-19(15-18)27(28,29)30/h2-12,15-16H,13-14,17H2,1H3,(H,31,35)(H,32,34). The van der Waals surface area contributed by atoms with Crippen LogP contribution >= 0.6 is 11.8 Å². The van der Waals surface area contributed by atoms with Crippen LogP contribution in [0.3, 0.4) is 0 Å². The number of carbonyl (C=O) groups excluding carboxylic acids is 2. The van der Waals surface area contributed by atoms with Crippen molar-refractivity contribution in [2.45, 2.75) is 17.6 Å². The Morgan fingerprint density at radius 2 is 1.76 bits per heavy atom. The van der Waals surface area contributed by atoms with Crippen LogP contribution in [0, 0.1) is 0 Å². The van der Waals surface area contributed by atoms with Crippen molar-refractivity contribution < 1.29 is 27.5 Å². The highest BCUT2D eigenvalue weighted by Gasteiger charge is 2.30. The lowest BCUT2D eigenvalue weighted by molar-refractivity contribution is -0.137. The molecule has 10 heteroatoms. The second-order valence-electron chi connectivity index (χ2n) is 8.08. The minimum Gasteiger partial charge on any atom is -0.495 e. The normalized spacial score (nSPS) is 11.4. The van der Waals surface area contributed by atoms with Crippen molar-refractivity contribution in [2.75, 3.05) is 24.7 Å². The SMILES string of the molecule is COc1ccccc1NC(=O)CSc1cn(CCNC(=O)c2cccc(C(F)(F)F)c2)c2ccccc12. The summed E-state index contributed by atoms with van der Waals surface area (Å²) in [5.74, 6) is -0.00675. The van der Waals surface area contributed by atoms with Gasteiger partial charge in [0.15, 0.2) is 0 Å². The van der Waals surface area contributed by atoms with Gasteiger partial charge in [0.25, 0.3) is 5.91 Å². The third-order valence-corrected chi connectivity index (χ3v) is 6.63. The zero-order chi connectivity index (χ0) is 26.4.